The molecule has 2 aliphatic rings. The van der Waals surface area contributed by atoms with Gasteiger partial charge >= 0.3 is 0 Å². The van der Waals surface area contributed by atoms with Crippen molar-refractivity contribution in [2.45, 2.75) is 51.6 Å². The number of hydrogen-bond donors (Lipinski definition) is 1. The Morgan fingerprint density at radius 2 is 1.93 bits per heavy atom. The van der Waals surface area contributed by atoms with Crippen LogP contribution in [0.15, 0.2) is 12.2 Å². The first kappa shape index (κ1) is 10.2. The van der Waals surface area contributed by atoms with E-state index in [1.165, 1.54) is 31.3 Å². The highest BCUT2D eigenvalue weighted by Crippen LogP contribution is 2.57. The SMILES string of the molecule is C=C(CC)CC(O)C1C2CCCCC21. The zero-order valence-electron chi connectivity index (χ0n) is 9.21. The standard InChI is InChI=1S/C13H22O/c1-3-9(2)8-12(14)13-10-6-4-5-7-11(10)13/h10-14H,2-8H2,1H3. The molecule has 0 amide bonds. The molecule has 0 spiro atoms. The minimum Gasteiger partial charge on any atom is -0.392 e. The van der Waals surface area contributed by atoms with Crippen molar-refractivity contribution < 1.29 is 5.11 Å². The van der Waals surface area contributed by atoms with Crippen LogP contribution in [0.5, 0.6) is 0 Å². The lowest BCUT2D eigenvalue weighted by atomic mass is 10.0. The van der Waals surface area contributed by atoms with E-state index < -0.39 is 0 Å². The highest BCUT2D eigenvalue weighted by Gasteiger charge is 2.53. The van der Waals surface area contributed by atoms with Crippen molar-refractivity contribution >= 4 is 0 Å². The Balaban J connectivity index is 1.82. The Morgan fingerprint density at radius 1 is 1.36 bits per heavy atom. The molecule has 0 aromatic heterocycles. The first-order chi connectivity index (χ1) is 6.74. The Hall–Kier alpha value is -0.300. The lowest BCUT2D eigenvalue weighted by molar-refractivity contribution is 0.140. The summed E-state index contributed by atoms with van der Waals surface area (Å²) in [7, 11) is 0. The van der Waals surface area contributed by atoms with Gasteiger partial charge in [0.1, 0.15) is 0 Å². The molecule has 3 unspecified atom stereocenters. The van der Waals surface area contributed by atoms with Crippen LogP contribution in [0, 0.1) is 17.8 Å². The number of aliphatic hydroxyl groups is 1. The van der Waals surface area contributed by atoms with Crippen LogP contribution in [0.3, 0.4) is 0 Å². The highest BCUT2D eigenvalue weighted by atomic mass is 16.3. The first-order valence-corrected chi connectivity index (χ1v) is 6.08. The summed E-state index contributed by atoms with van der Waals surface area (Å²) in [5.41, 5.74) is 1.21. The molecule has 80 valence electrons. The van der Waals surface area contributed by atoms with E-state index in [1.54, 1.807) is 0 Å². The molecule has 0 aromatic rings. The van der Waals surface area contributed by atoms with Crippen molar-refractivity contribution in [3.8, 4) is 0 Å². The Kier molecular flexibility index (Phi) is 2.96. The van der Waals surface area contributed by atoms with Gasteiger partial charge in [-0.05, 0) is 43.4 Å². The third-order valence-electron chi connectivity index (χ3n) is 4.16. The molecule has 1 heteroatoms. The number of aliphatic hydroxyl groups excluding tert-OH is 1. The van der Waals surface area contributed by atoms with Crippen LogP contribution in [0.4, 0.5) is 0 Å². The van der Waals surface area contributed by atoms with Crippen LogP contribution in [-0.4, -0.2) is 11.2 Å². The lowest BCUT2D eigenvalue weighted by Gasteiger charge is -2.11. The quantitative estimate of drug-likeness (QED) is 0.682. The van der Waals surface area contributed by atoms with Crippen LogP contribution in [0.2, 0.25) is 0 Å². The monoisotopic (exact) mass is 194 g/mol. The first-order valence-electron chi connectivity index (χ1n) is 6.08. The molecule has 0 radical (unpaired) electrons. The number of hydrogen-bond acceptors (Lipinski definition) is 1. The molecule has 1 nitrogen and oxygen atoms in total. The van der Waals surface area contributed by atoms with E-state index in [1.807, 2.05) is 0 Å². The van der Waals surface area contributed by atoms with Gasteiger partial charge in [0.25, 0.3) is 0 Å². The summed E-state index contributed by atoms with van der Waals surface area (Å²) in [6, 6.07) is 0. The molecular weight excluding hydrogens is 172 g/mol. The second-order valence-electron chi connectivity index (χ2n) is 5.06. The van der Waals surface area contributed by atoms with Crippen molar-refractivity contribution in [2.75, 3.05) is 0 Å². The van der Waals surface area contributed by atoms with Crippen LogP contribution in [0.1, 0.15) is 45.4 Å². The maximum absolute atomic E-state index is 10.1. The molecule has 0 bridgehead atoms. The molecule has 2 rings (SSSR count). The molecule has 2 saturated carbocycles. The van der Waals surface area contributed by atoms with E-state index in [2.05, 4.69) is 13.5 Å². The van der Waals surface area contributed by atoms with Crippen molar-refractivity contribution in [2.24, 2.45) is 17.8 Å². The topological polar surface area (TPSA) is 20.2 Å². The Bertz CT molecular complexity index is 209. The molecule has 14 heavy (non-hydrogen) atoms. The van der Waals surface area contributed by atoms with E-state index in [0.29, 0.717) is 5.92 Å². The summed E-state index contributed by atoms with van der Waals surface area (Å²) in [5, 5.41) is 10.1. The second-order valence-corrected chi connectivity index (χ2v) is 5.06. The van der Waals surface area contributed by atoms with Gasteiger partial charge in [-0.3, -0.25) is 0 Å². The average molecular weight is 194 g/mol. The van der Waals surface area contributed by atoms with Gasteiger partial charge in [0.05, 0.1) is 6.10 Å². The zero-order chi connectivity index (χ0) is 10.1. The summed E-state index contributed by atoms with van der Waals surface area (Å²) >= 11 is 0. The molecular formula is C13H22O. The summed E-state index contributed by atoms with van der Waals surface area (Å²) in [5.74, 6) is 2.35. The Labute approximate surface area is 87.2 Å². The van der Waals surface area contributed by atoms with Crippen LogP contribution < -0.4 is 0 Å². The van der Waals surface area contributed by atoms with E-state index in [-0.39, 0.29) is 6.10 Å². The summed E-state index contributed by atoms with van der Waals surface area (Å²) in [6.45, 7) is 6.10. The van der Waals surface area contributed by atoms with Crippen molar-refractivity contribution in [3.63, 3.8) is 0 Å². The fourth-order valence-electron chi connectivity index (χ4n) is 3.19. The molecule has 0 aliphatic heterocycles. The molecule has 0 saturated heterocycles. The predicted octanol–water partition coefficient (Wildman–Crippen LogP) is 3.14. The van der Waals surface area contributed by atoms with Crippen molar-refractivity contribution in [1.82, 2.24) is 0 Å². The largest absolute Gasteiger partial charge is 0.392 e. The molecule has 1 N–H and O–H groups in total. The van der Waals surface area contributed by atoms with Gasteiger partial charge in [0, 0.05) is 0 Å². The van der Waals surface area contributed by atoms with Gasteiger partial charge in [-0.2, -0.15) is 0 Å². The zero-order valence-corrected chi connectivity index (χ0v) is 9.21. The second kappa shape index (κ2) is 4.06. The molecule has 0 aromatic carbocycles. The van der Waals surface area contributed by atoms with Gasteiger partial charge in [0.2, 0.25) is 0 Å². The predicted molar refractivity (Wildman–Crippen MR) is 59.0 cm³/mol. The van der Waals surface area contributed by atoms with Crippen LogP contribution in [-0.2, 0) is 0 Å². The van der Waals surface area contributed by atoms with Crippen molar-refractivity contribution in [1.29, 1.82) is 0 Å². The van der Waals surface area contributed by atoms with Gasteiger partial charge in [-0.25, -0.2) is 0 Å². The molecule has 3 atom stereocenters. The normalized spacial score (nSPS) is 37.4. The maximum Gasteiger partial charge on any atom is 0.0610 e. The summed E-state index contributed by atoms with van der Waals surface area (Å²) < 4.78 is 0. The maximum atomic E-state index is 10.1. The summed E-state index contributed by atoms with van der Waals surface area (Å²) in [6.07, 6.45) is 7.28. The molecule has 0 heterocycles. The van der Waals surface area contributed by atoms with Gasteiger partial charge in [-0.1, -0.05) is 31.9 Å². The van der Waals surface area contributed by atoms with Gasteiger partial charge in [0.15, 0.2) is 0 Å². The number of rotatable bonds is 4. The van der Waals surface area contributed by atoms with E-state index >= 15 is 0 Å². The highest BCUT2D eigenvalue weighted by molar-refractivity contribution is 5.06. The summed E-state index contributed by atoms with van der Waals surface area (Å²) in [4.78, 5) is 0. The minimum atomic E-state index is -0.0875. The van der Waals surface area contributed by atoms with E-state index in [9.17, 15) is 5.11 Å². The minimum absolute atomic E-state index is 0.0875. The average Bonchev–Trinajstić information content (AvgIpc) is 2.91. The van der Waals surface area contributed by atoms with Gasteiger partial charge in [-0.15, -0.1) is 0 Å². The number of fused-ring (bicyclic) bond motifs is 1. The molecule has 2 aliphatic carbocycles. The third-order valence-corrected chi connectivity index (χ3v) is 4.16. The fraction of sp³-hybridized carbons (Fsp3) is 0.846. The van der Waals surface area contributed by atoms with Crippen molar-refractivity contribution in [3.05, 3.63) is 12.2 Å². The van der Waals surface area contributed by atoms with Gasteiger partial charge < -0.3 is 5.11 Å². The van der Waals surface area contributed by atoms with Crippen LogP contribution in [0.25, 0.3) is 0 Å². The lowest BCUT2D eigenvalue weighted by Crippen LogP contribution is -2.12. The Morgan fingerprint density at radius 3 is 2.43 bits per heavy atom. The smallest absolute Gasteiger partial charge is 0.0610 e. The molecule has 2 fully saturated rings. The fourth-order valence-corrected chi connectivity index (χ4v) is 3.19. The van der Waals surface area contributed by atoms with Crippen LogP contribution >= 0.6 is 0 Å². The third kappa shape index (κ3) is 1.88. The van der Waals surface area contributed by atoms with E-state index in [4.69, 9.17) is 0 Å². The van der Waals surface area contributed by atoms with E-state index in [0.717, 1.165) is 24.7 Å².